The first-order valence-corrected chi connectivity index (χ1v) is 9.21. The first kappa shape index (κ1) is 19.5. The monoisotopic (exact) mass is 401 g/mol. The molecule has 1 aliphatic heterocycles. The highest BCUT2D eigenvalue weighted by Crippen LogP contribution is 2.31. The van der Waals surface area contributed by atoms with Gasteiger partial charge in [-0.1, -0.05) is 12.1 Å². The number of imidazole rings is 1. The molecule has 0 aliphatic carbocycles. The zero-order chi connectivity index (χ0) is 20.4. The van der Waals surface area contributed by atoms with E-state index in [-0.39, 0.29) is 0 Å². The van der Waals surface area contributed by atoms with E-state index in [1.54, 1.807) is 0 Å². The number of rotatable bonds is 7. The van der Waals surface area contributed by atoms with E-state index in [1.165, 1.54) is 17.2 Å². The summed E-state index contributed by atoms with van der Waals surface area (Å²) in [6.07, 6.45) is -0.579. The van der Waals surface area contributed by atoms with Gasteiger partial charge in [0, 0.05) is 12.2 Å². The molecule has 0 radical (unpaired) electrons. The van der Waals surface area contributed by atoms with Gasteiger partial charge in [0.05, 0.1) is 12.9 Å². The van der Waals surface area contributed by atoms with Crippen molar-refractivity contribution in [1.82, 2.24) is 24.9 Å². The van der Waals surface area contributed by atoms with Crippen LogP contribution in [0.4, 0.5) is 11.5 Å². The Morgan fingerprint density at radius 2 is 1.90 bits per heavy atom. The topological polar surface area (TPSA) is 164 Å². The number of nitrogens with one attached hydrogen (secondary N) is 2. The maximum Gasteiger partial charge on any atom is 0.171 e. The predicted octanol–water partition coefficient (Wildman–Crippen LogP) is -0.821. The van der Waals surface area contributed by atoms with Crippen LogP contribution in [0.1, 0.15) is 11.8 Å². The summed E-state index contributed by atoms with van der Waals surface area (Å²) >= 11 is 0. The van der Waals surface area contributed by atoms with Gasteiger partial charge >= 0.3 is 0 Å². The molecule has 154 valence electrons. The van der Waals surface area contributed by atoms with Crippen molar-refractivity contribution < 1.29 is 20.1 Å². The van der Waals surface area contributed by atoms with Crippen molar-refractivity contribution in [2.75, 3.05) is 24.3 Å². The number of nitrogens with two attached hydrogens (primary N) is 1. The van der Waals surface area contributed by atoms with E-state index >= 15 is 0 Å². The lowest BCUT2D eigenvalue weighted by Gasteiger charge is -2.16. The van der Waals surface area contributed by atoms with Crippen LogP contribution in [-0.4, -0.2) is 66.3 Å². The molecule has 0 bridgehead atoms. The molecule has 1 aliphatic rings. The first-order chi connectivity index (χ1) is 14.1. The van der Waals surface area contributed by atoms with Gasteiger partial charge in [-0.3, -0.25) is 4.57 Å². The Morgan fingerprint density at radius 1 is 1.10 bits per heavy atom. The Morgan fingerprint density at radius 3 is 2.62 bits per heavy atom. The van der Waals surface area contributed by atoms with Crippen molar-refractivity contribution >= 4 is 22.7 Å². The second-order valence-electron chi connectivity index (χ2n) is 6.82. The standard InChI is InChI=1S/C18H23N7O4/c19-11-3-1-10(2-4-11)5-6-23-24-16-13-17(21-8-20-16)25(9-22-13)18-15(28)14(27)12(7-26)29-18/h1-4,8-9,12,14-15,18,23,26-28H,5-7,19H2,(H,20,21,24)/t12-,14-,15-,18-/m1/s1. The number of benzene rings is 1. The summed E-state index contributed by atoms with van der Waals surface area (Å²) in [5, 5.41) is 29.5. The molecule has 0 amide bonds. The molecule has 4 atom stereocenters. The van der Waals surface area contributed by atoms with Gasteiger partial charge in [0.2, 0.25) is 0 Å². The van der Waals surface area contributed by atoms with Crippen molar-refractivity contribution in [3.05, 3.63) is 42.5 Å². The summed E-state index contributed by atoms with van der Waals surface area (Å²) in [6, 6.07) is 7.67. The van der Waals surface area contributed by atoms with Crippen LogP contribution in [0.15, 0.2) is 36.9 Å². The maximum absolute atomic E-state index is 10.2. The third-order valence-electron chi connectivity index (χ3n) is 4.88. The number of ether oxygens (including phenoxy) is 1. The Kier molecular flexibility index (Phi) is 5.56. The van der Waals surface area contributed by atoms with Gasteiger partial charge in [0.25, 0.3) is 0 Å². The first-order valence-electron chi connectivity index (χ1n) is 9.21. The number of hydrogen-bond donors (Lipinski definition) is 6. The molecule has 0 unspecified atom stereocenters. The fraction of sp³-hybridized carbons (Fsp3) is 0.389. The van der Waals surface area contributed by atoms with Gasteiger partial charge in [-0.15, -0.1) is 0 Å². The third kappa shape index (κ3) is 3.86. The number of nitrogen functional groups attached to an aromatic ring is 1. The lowest BCUT2D eigenvalue weighted by Crippen LogP contribution is -2.33. The molecule has 3 heterocycles. The summed E-state index contributed by atoms with van der Waals surface area (Å²) in [6.45, 7) is 0.242. The second kappa shape index (κ2) is 8.27. The van der Waals surface area contributed by atoms with E-state index in [0.717, 1.165) is 17.7 Å². The highest BCUT2D eigenvalue weighted by Gasteiger charge is 2.44. The third-order valence-corrected chi connectivity index (χ3v) is 4.88. The van der Waals surface area contributed by atoms with Gasteiger partial charge in [0.1, 0.15) is 24.6 Å². The highest BCUT2D eigenvalue weighted by molar-refractivity contribution is 5.82. The SMILES string of the molecule is Nc1ccc(CCNNc2ncnc3c2ncn3[C@@H]2O[C@H](CO)[C@@H](O)[C@H]2O)cc1. The number of hydrogen-bond acceptors (Lipinski definition) is 10. The second-order valence-corrected chi connectivity index (χ2v) is 6.82. The van der Waals surface area contributed by atoms with Gasteiger partial charge in [0.15, 0.2) is 23.2 Å². The van der Waals surface area contributed by atoms with Gasteiger partial charge in [-0.05, 0) is 24.1 Å². The predicted molar refractivity (Wildman–Crippen MR) is 105 cm³/mol. The summed E-state index contributed by atoms with van der Waals surface area (Å²) < 4.78 is 7.07. The number of hydrazine groups is 1. The van der Waals surface area contributed by atoms with Gasteiger partial charge in [-0.2, -0.15) is 0 Å². The molecule has 11 nitrogen and oxygen atoms in total. The average Bonchev–Trinajstić information content (AvgIpc) is 3.28. The molecule has 1 fully saturated rings. The quantitative estimate of drug-likeness (QED) is 0.167. The van der Waals surface area contributed by atoms with Gasteiger partial charge < -0.3 is 31.2 Å². The Labute approximate surface area is 166 Å². The summed E-state index contributed by atoms with van der Waals surface area (Å²) in [7, 11) is 0. The van der Waals surface area contributed by atoms with Crippen molar-refractivity contribution in [3.8, 4) is 0 Å². The van der Waals surface area contributed by atoms with Crippen molar-refractivity contribution in [3.63, 3.8) is 0 Å². The van der Waals surface area contributed by atoms with Crippen LogP contribution in [-0.2, 0) is 11.2 Å². The maximum atomic E-state index is 10.2. The molecular weight excluding hydrogens is 378 g/mol. The van der Waals surface area contributed by atoms with Crippen LogP contribution in [0, 0.1) is 0 Å². The smallest absolute Gasteiger partial charge is 0.171 e. The zero-order valence-electron chi connectivity index (χ0n) is 15.5. The van der Waals surface area contributed by atoms with Gasteiger partial charge in [-0.25, -0.2) is 20.4 Å². The minimum Gasteiger partial charge on any atom is -0.399 e. The Balaban J connectivity index is 1.44. The number of aromatic nitrogens is 4. The van der Waals surface area contributed by atoms with E-state index in [4.69, 9.17) is 10.5 Å². The Hall–Kier alpha value is -2.83. The van der Waals surface area contributed by atoms with Crippen LogP contribution in [0.25, 0.3) is 11.2 Å². The number of anilines is 2. The lowest BCUT2D eigenvalue weighted by molar-refractivity contribution is -0.0511. The van der Waals surface area contributed by atoms with Crippen LogP contribution >= 0.6 is 0 Å². The molecule has 0 spiro atoms. The lowest BCUT2D eigenvalue weighted by atomic mass is 10.1. The van der Waals surface area contributed by atoms with E-state index in [1.807, 2.05) is 24.3 Å². The van der Waals surface area contributed by atoms with Crippen molar-refractivity contribution in [2.24, 2.45) is 0 Å². The zero-order valence-corrected chi connectivity index (χ0v) is 15.5. The molecule has 1 saturated heterocycles. The fourth-order valence-electron chi connectivity index (χ4n) is 3.28. The van der Waals surface area contributed by atoms with Crippen LogP contribution in [0.3, 0.4) is 0 Å². The molecular formula is C18H23N7O4. The number of nitrogens with zero attached hydrogens (tertiary/aromatic N) is 4. The highest BCUT2D eigenvalue weighted by atomic mass is 16.6. The average molecular weight is 401 g/mol. The molecule has 3 aromatic rings. The van der Waals surface area contributed by atoms with Crippen molar-refractivity contribution in [1.29, 1.82) is 0 Å². The number of fused-ring (bicyclic) bond motifs is 1. The molecule has 1 aromatic carbocycles. The Bertz CT molecular complexity index is 965. The minimum atomic E-state index is -1.21. The van der Waals surface area contributed by atoms with E-state index < -0.39 is 31.1 Å². The van der Waals surface area contributed by atoms with Crippen molar-refractivity contribution in [2.45, 2.75) is 31.0 Å². The number of aliphatic hydroxyl groups is 3. The van der Waals surface area contributed by atoms with Crippen LogP contribution < -0.4 is 16.6 Å². The molecule has 0 saturated carbocycles. The summed E-state index contributed by atoms with van der Waals surface area (Å²) in [5.74, 6) is 0.470. The molecule has 4 rings (SSSR count). The van der Waals surface area contributed by atoms with E-state index in [2.05, 4.69) is 25.8 Å². The summed E-state index contributed by atoms with van der Waals surface area (Å²) in [5.41, 5.74) is 14.6. The summed E-state index contributed by atoms with van der Waals surface area (Å²) in [4.78, 5) is 12.7. The largest absolute Gasteiger partial charge is 0.399 e. The molecule has 2 aromatic heterocycles. The number of aliphatic hydroxyl groups excluding tert-OH is 3. The fourth-order valence-corrected chi connectivity index (χ4v) is 3.28. The molecule has 29 heavy (non-hydrogen) atoms. The van der Waals surface area contributed by atoms with E-state index in [9.17, 15) is 15.3 Å². The van der Waals surface area contributed by atoms with Crippen LogP contribution in [0.2, 0.25) is 0 Å². The van der Waals surface area contributed by atoms with Crippen LogP contribution in [0.5, 0.6) is 0 Å². The molecule has 7 N–H and O–H groups in total. The normalized spacial score (nSPS) is 24.2. The van der Waals surface area contributed by atoms with E-state index in [0.29, 0.717) is 23.5 Å². The minimum absolute atomic E-state index is 0.402. The molecule has 11 heteroatoms.